The molecule has 0 unspecified atom stereocenters. The van der Waals surface area contributed by atoms with Crippen molar-refractivity contribution in [2.24, 2.45) is 0 Å². The number of rotatable bonds is 6. The van der Waals surface area contributed by atoms with E-state index in [1.807, 2.05) is 13.8 Å². The highest BCUT2D eigenvalue weighted by molar-refractivity contribution is 5.89. The van der Waals surface area contributed by atoms with E-state index in [0.717, 1.165) is 5.56 Å². The first-order chi connectivity index (χ1) is 11.4. The van der Waals surface area contributed by atoms with Gasteiger partial charge in [0.2, 0.25) is 0 Å². The summed E-state index contributed by atoms with van der Waals surface area (Å²) in [5, 5.41) is 9.24. The van der Waals surface area contributed by atoms with Crippen LogP contribution in [0, 0.1) is 6.92 Å². The van der Waals surface area contributed by atoms with Gasteiger partial charge in [-0.3, -0.25) is 0 Å². The van der Waals surface area contributed by atoms with Crippen LogP contribution >= 0.6 is 0 Å². The van der Waals surface area contributed by atoms with Gasteiger partial charge in [-0.15, -0.1) is 0 Å². The van der Waals surface area contributed by atoms with Crippen molar-refractivity contribution in [2.45, 2.75) is 40.0 Å². The lowest BCUT2D eigenvalue weighted by Gasteiger charge is -2.10. The number of hydrogen-bond donors (Lipinski definition) is 2. The Hall–Kier alpha value is -2.83. The van der Waals surface area contributed by atoms with Gasteiger partial charge in [-0.1, -0.05) is 17.3 Å². The minimum absolute atomic E-state index is 0.0643. The Balaban J connectivity index is 1.82. The molecule has 128 valence electrons. The molecule has 0 atom stereocenters. The van der Waals surface area contributed by atoms with Crippen LogP contribution in [-0.4, -0.2) is 23.2 Å². The standard InChI is InChI=1S/C17H21N3O4/c1-11(2)19-17(22)18-9-13-4-6-14(7-5-13)16(21)23-10-15-8-12(3)24-20-15/h4-8,11H,9-10H2,1-3H3,(H2,18,19,22). The number of carbonyl (C=O) groups is 2. The molecule has 7 heteroatoms. The summed E-state index contributed by atoms with van der Waals surface area (Å²) in [5.41, 5.74) is 1.89. The molecule has 2 N–H and O–H groups in total. The summed E-state index contributed by atoms with van der Waals surface area (Å²) in [6.07, 6.45) is 0. The average Bonchev–Trinajstić information content (AvgIpc) is 2.96. The van der Waals surface area contributed by atoms with E-state index in [0.29, 0.717) is 23.6 Å². The maximum atomic E-state index is 12.0. The number of aryl methyl sites for hydroxylation is 1. The highest BCUT2D eigenvalue weighted by Crippen LogP contribution is 2.09. The van der Waals surface area contributed by atoms with Crippen molar-refractivity contribution in [2.75, 3.05) is 0 Å². The van der Waals surface area contributed by atoms with Crippen molar-refractivity contribution < 1.29 is 18.8 Å². The fourth-order valence-corrected chi connectivity index (χ4v) is 1.96. The first kappa shape index (κ1) is 17.5. The minimum Gasteiger partial charge on any atom is -0.455 e. The Morgan fingerprint density at radius 2 is 1.96 bits per heavy atom. The molecule has 2 amide bonds. The van der Waals surface area contributed by atoms with Crippen LogP contribution < -0.4 is 10.6 Å². The number of urea groups is 1. The summed E-state index contributed by atoms with van der Waals surface area (Å²) in [4.78, 5) is 23.5. The smallest absolute Gasteiger partial charge is 0.338 e. The van der Waals surface area contributed by atoms with Gasteiger partial charge in [0, 0.05) is 18.7 Å². The van der Waals surface area contributed by atoms with Crippen molar-refractivity contribution in [1.29, 1.82) is 0 Å². The lowest BCUT2D eigenvalue weighted by molar-refractivity contribution is 0.0464. The molecule has 1 aromatic heterocycles. The Labute approximate surface area is 140 Å². The third kappa shape index (κ3) is 5.42. The molecule has 0 fully saturated rings. The maximum Gasteiger partial charge on any atom is 0.338 e. The number of ether oxygens (including phenoxy) is 1. The third-order valence-corrected chi connectivity index (χ3v) is 3.09. The number of hydrogen-bond acceptors (Lipinski definition) is 5. The lowest BCUT2D eigenvalue weighted by Crippen LogP contribution is -2.39. The van der Waals surface area contributed by atoms with Gasteiger partial charge >= 0.3 is 12.0 Å². The summed E-state index contributed by atoms with van der Waals surface area (Å²) >= 11 is 0. The summed E-state index contributed by atoms with van der Waals surface area (Å²) in [6.45, 7) is 5.99. The van der Waals surface area contributed by atoms with E-state index >= 15 is 0 Å². The zero-order chi connectivity index (χ0) is 17.5. The number of esters is 1. The zero-order valence-electron chi connectivity index (χ0n) is 14.0. The van der Waals surface area contributed by atoms with E-state index in [9.17, 15) is 9.59 Å². The second-order valence-electron chi connectivity index (χ2n) is 5.68. The monoisotopic (exact) mass is 331 g/mol. The predicted molar refractivity (Wildman–Crippen MR) is 87.3 cm³/mol. The molecule has 7 nitrogen and oxygen atoms in total. The molecule has 2 rings (SSSR count). The Morgan fingerprint density at radius 3 is 2.54 bits per heavy atom. The van der Waals surface area contributed by atoms with Crippen LogP contribution in [0.4, 0.5) is 4.79 Å². The van der Waals surface area contributed by atoms with Crippen molar-refractivity contribution in [3.05, 3.63) is 52.9 Å². The fourth-order valence-electron chi connectivity index (χ4n) is 1.96. The van der Waals surface area contributed by atoms with Gasteiger partial charge in [0.25, 0.3) is 0 Å². The van der Waals surface area contributed by atoms with Crippen LogP contribution in [0.1, 0.15) is 41.2 Å². The first-order valence-corrected chi connectivity index (χ1v) is 7.66. The third-order valence-electron chi connectivity index (χ3n) is 3.09. The van der Waals surface area contributed by atoms with Crippen LogP contribution in [0.5, 0.6) is 0 Å². The number of carbonyl (C=O) groups excluding carboxylic acids is 2. The van der Waals surface area contributed by atoms with E-state index in [4.69, 9.17) is 9.26 Å². The second-order valence-corrected chi connectivity index (χ2v) is 5.68. The molecule has 0 saturated carbocycles. The first-order valence-electron chi connectivity index (χ1n) is 7.66. The summed E-state index contributed by atoms with van der Waals surface area (Å²) in [5.74, 6) is 0.229. The van der Waals surface area contributed by atoms with Gasteiger partial charge in [-0.25, -0.2) is 9.59 Å². The van der Waals surface area contributed by atoms with Crippen LogP contribution in [0.25, 0.3) is 0 Å². The summed E-state index contributed by atoms with van der Waals surface area (Å²) in [6, 6.07) is 8.43. The van der Waals surface area contributed by atoms with Crippen LogP contribution in [0.15, 0.2) is 34.9 Å². The van der Waals surface area contributed by atoms with Crippen LogP contribution in [-0.2, 0) is 17.9 Å². The molecule has 2 aromatic rings. The molecular weight excluding hydrogens is 310 g/mol. The minimum atomic E-state index is -0.437. The number of aromatic nitrogens is 1. The molecule has 0 bridgehead atoms. The molecular formula is C17H21N3O4. The Kier molecular flexibility index (Phi) is 5.95. The van der Waals surface area contributed by atoms with Gasteiger partial charge < -0.3 is 19.9 Å². The molecule has 0 saturated heterocycles. The van der Waals surface area contributed by atoms with Crippen molar-refractivity contribution in [3.8, 4) is 0 Å². The SMILES string of the molecule is Cc1cc(COC(=O)c2ccc(CNC(=O)NC(C)C)cc2)no1. The quantitative estimate of drug-likeness (QED) is 0.794. The molecule has 0 spiro atoms. The second kappa shape index (κ2) is 8.14. The number of nitrogens with one attached hydrogen (secondary N) is 2. The molecule has 0 aliphatic rings. The van der Waals surface area contributed by atoms with Crippen LogP contribution in [0.3, 0.4) is 0 Å². The lowest BCUT2D eigenvalue weighted by atomic mass is 10.1. The average molecular weight is 331 g/mol. The number of benzene rings is 1. The van der Waals surface area contributed by atoms with Gasteiger partial charge in [-0.05, 0) is 38.5 Å². The van der Waals surface area contributed by atoms with Gasteiger partial charge in [-0.2, -0.15) is 0 Å². The maximum absolute atomic E-state index is 12.0. The normalized spacial score (nSPS) is 10.5. The molecule has 0 radical (unpaired) electrons. The number of nitrogens with zero attached hydrogens (tertiary/aromatic N) is 1. The summed E-state index contributed by atoms with van der Waals surface area (Å²) < 4.78 is 10.1. The fraction of sp³-hybridized carbons (Fsp3) is 0.353. The molecule has 1 heterocycles. The molecule has 0 aliphatic heterocycles. The van der Waals surface area contributed by atoms with E-state index in [1.54, 1.807) is 37.3 Å². The molecule has 1 aromatic carbocycles. The molecule has 24 heavy (non-hydrogen) atoms. The van der Waals surface area contributed by atoms with Gasteiger partial charge in [0.15, 0.2) is 0 Å². The highest BCUT2D eigenvalue weighted by atomic mass is 16.5. The van der Waals surface area contributed by atoms with E-state index < -0.39 is 5.97 Å². The Bertz CT molecular complexity index is 692. The van der Waals surface area contributed by atoms with E-state index in [1.165, 1.54) is 0 Å². The topological polar surface area (TPSA) is 93.5 Å². The zero-order valence-corrected chi connectivity index (χ0v) is 14.0. The van der Waals surface area contributed by atoms with E-state index in [-0.39, 0.29) is 18.7 Å². The Morgan fingerprint density at radius 1 is 1.25 bits per heavy atom. The van der Waals surface area contributed by atoms with Gasteiger partial charge in [0.05, 0.1) is 5.56 Å². The molecule has 0 aliphatic carbocycles. The van der Waals surface area contributed by atoms with Crippen molar-refractivity contribution >= 4 is 12.0 Å². The van der Waals surface area contributed by atoms with E-state index in [2.05, 4.69) is 15.8 Å². The van der Waals surface area contributed by atoms with Crippen molar-refractivity contribution in [3.63, 3.8) is 0 Å². The van der Waals surface area contributed by atoms with Crippen molar-refractivity contribution in [1.82, 2.24) is 15.8 Å². The largest absolute Gasteiger partial charge is 0.455 e. The summed E-state index contributed by atoms with van der Waals surface area (Å²) in [7, 11) is 0. The highest BCUT2D eigenvalue weighted by Gasteiger charge is 2.09. The van der Waals surface area contributed by atoms with Gasteiger partial charge in [0.1, 0.15) is 18.1 Å². The number of amides is 2. The predicted octanol–water partition coefficient (Wildman–Crippen LogP) is 2.55. The van der Waals surface area contributed by atoms with Crippen LogP contribution in [0.2, 0.25) is 0 Å².